The highest BCUT2D eigenvalue weighted by molar-refractivity contribution is 5.87. The summed E-state index contributed by atoms with van der Waals surface area (Å²) >= 11 is 0. The van der Waals surface area contributed by atoms with Gasteiger partial charge in [-0.15, -0.1) is 0 Å². The van der Waals surface area contributed by atoms with E-state index in [9.17, 15) is 13.6 Å². The highest BCUT2D eigenvalue weighted by Crippen LogP contribution is 2.24. The average molecular weight is 278 g/mol. The minimum atomic E-state index is -1.40. The highest BCUT2D eigenvalue weighted by atomic mass is 19.1. The molecule has 0 atom stereocenters. The first-order valence-corrected chi connectivity index (χ1v) is 5.88. The van der Waals surface area contributed by atoms with Gasteiger partial charge in [-0.1, -0.05) is 24.3 Å². The van der Waals surface area contributed by atoms with E-state index in [1.807, 2.05) is 19.1 Å². The van der Waals surface area contributed by atoms with Crippen LogP contribution in [-0.2, 0) is 6.61 Å². The lowest BCUT2D eigenvalue weighted by molar-refractivity contribution is 0.0695. The standard InChI is InChI=1S/C15H12F2O3/c1-9-4-2-3-5-10(9)8-20-14-12(16)6-11(15(18)19)7-13(14)17/h2-7H,8H2,1H3,(H,18,19). The van der Waals surface area contributed by atoms with Gasteiger partial charge in [-0.25, -0.2) is 13.6 Å². The number of aromatic carboxylic acids is 1. The van der Waals surface area contributed by atoms with Crippen LogP contribution in [0.5, 0.6) is 5.75 Å². The maximum Gasteiger partial charge on any atom is 0.335 e. The van der Waals surface area contributed by atoms with Gasteiger partial charge in [0.15, 0.2) is 17.4 Å². The van der Waals surface area contributed by atoms with Crippen LogP contribution in [0.2, 0.25) is 0 Å². The van der Waals surface area contributed by atoms with E-state index >= 15 is 0 Å². The number of carbonyl (C=O) groups is 1. The first kappa shape index (κ1) is 14.0. The lowest BCUT2D eigenvalue weighted by atomic mass is 10.1. The zero-order chi connectivity index (χ0) is 14.7. The van der Waals surface area contributed by atoms with E-state index in [0.717, 1.165) is 23.3 Å². The molecule has 0 bridgehead atoms. The zero-order valence-electron chi connectivity index (χ0n) is 10.7. The molecular weight excluding hydrogens is 266 g/mol. The Balaban J connectivity index is 2.22. The second kappa shape index (κ2) is 5.69. The number of halogens is 2. The molecule has 0 spiro atoms. The molecule has 0 aliphatic rings. The Hall–Kier alpha value is -2.43. The molecule has 3 nitrogen and oxygen atoms in total. The van der Waals surface area contributed by atoms with Gasteiger partial charge in [0.25, 0.3) is 0 Å². The maximum atomic E-state index is 13.6. The van der Waals surface area contributed by atoms with E-state index in [4.69, 9.17) is 9.84 Å². The van der Waals surface area contributed by atoms with Gasteiger partial charge in [-0.05, 0) is 30.2 Å². The number of rotatable bonds is 4. The fraction of sp³-hybridized carbons (Fsp3) is 0.133. The lowest BCUT2D eigenvalue weighted by Crippen LogP contribution is -2.04. The van der Waals surface area contributed by atoms with E-state index in [-0.39, 0.29) is 6.61 Å². The normalized spacial score (nSPS) is 10.3. The van der Waals surface area contributed by atoms with Gasteiger partial charge in [-0.3, -0.25) is 0 Å². The minimum absolute atomic E-state index is 0.00688. The number of ether oxygens (including phenoxy) is 1. The Morgan fingerprint density at radius 2 is 1.80 bits per heavy atom. The third kappa shape index (κ3) is 2.93. The van der Waals surface area contributed by atoms with Crippen LogP contribution in [0.1, 0.15) is 21.5 Å². The fourth-order valence-electron chi connectivity index (χ4n) is 1.74. The highest BCUT2D eigenvalue weighted by Gasteiger charge is 2.16. The van der Waals surface area contributed by atoms with Crippen LogP contribution in [0.25, 0.3) is 0 Å². The number of aryl methyl sites for hydroxylation is 1. The van der Waals surface area contributed by atoms with Crippen molar-refractivity contribution in [3.8, 4) is 5.75 Å². The van der Waals surface area contributed by atoms with E-state index in [1.165, 1.54) is 0 Å². The zero-order valence-corrected chi connectivity index (χ0v) is 10.7. The molecule has 0 saturated heterocycles. The smallest absolute Gasteiger partial charge is 0.335 e. The molecule has 0 aliphatic heterocycles. The van der Waals surface area contributed by atoms with E-state index < -0.39 is 28.9 Å². The second-order valence-electron chi connectivity index (χ2n) is 4.29. The van der Waals surface area contributed by atoms with Crippen LogP contribution in [0.15, 0.2) is 36.4 Å². The first-order valence-electron chi connectivity index (χ1n) is 5.88. The average Bonchev–Trinajstić information content (AvgIpc) is 2.39. The van der Waals surface area contributed by atoms with Gasteiger partial charge in [0.2, 0.25) is 0 Å². The molecule has 0 amide bonds. The fourth-order valence-corrected chi connectivity index (χ4v) is 1.74. The van der Waals surface area contributed by atoms with Crippen molar-refractivity contribution in [2.45, 2.75) is 13.5 Å². The molecular formula is C15H12F2O3. The summed E-state index contributed by atoms with van der Waals surface area (Å²) in [6, 6.07) is 8.76. The third-order valence-corrected chi connectivity index (χ3v) is 2.88. The van der Waals surface area contributed by atoms with Gasteiger partial charge in [-0.2, -0.15) is 0 Å². The monoisotopic (exact) mass is 278 g/mol. The van der Waals surface area contributed by atoms with Crippen LogP contribution in [-0.4, -0.2) is 11.1 Å². The Morgan fingerprint density at radius 1 is 1.20 bits per heavy atom. The lowest BCUT2D eigenvalue weighted by Gasteiger charge is -2.10. The largest absolute Gasteiger partial charge is 0.483 e. The van der Waals surface area contributed by atoms with Gasteiger partial charge >= 0.3 is 5.97 Å². The van der Waals surface area contributed by atoms with Gasteiger partial charge in [0.1, 0.15) is 6.61 Å². The molecule has 104 valence electrons. The van der Waals surface area contributed by atoms with Crippen molar-refractivity contribution in [3.05, 3.63) is 64.7 Å². The Labute approximate surface area is 114 Å². The van der Waals surface area contributed by atoms with Crippen LogP contribution in [0.3, 0.4) is 0 Å². The topological polar surface area (TPSA) is 46.5 Å². The van der Waals surface area contributed by atoms with Gasteiger partial charge in [0, 0.05) is 0 Å². The molecule has 5 heteroatoms. The molecule has 2 aromatic carbocycles. The summed E-state index contributed by atoms with van der Waals surface area (Å²) in [5, 5.41) is 8.69. The maximum absolute atomic E-state index is 13.6. The number of hydrogen-bond donors (Lipinski definition) is 1. The Bertz CT molecular complexity index is 630. The predicted molar refractivity (Wildman–Crippen MR) is 68.8 cm³/mol. The first-order chi connectivity index (χ1) is 9.49. The summed E-state index contributed by atoms with van der Waals surface area (Å²) < 4.78 is 32.4. The summed E-state index contributed by atoms with van der Waals surface area (Å²) in [6.07, 6.45) is 0. The van der Waals surface area contributed by atoms with Gasteiger partial charge < -0.3 is 9.84 Å². The van der Waals surface area contributed by atoms with Crippen molar-refractivity contribution in [1.82, 2.24) is 0 Å². The molecule has 0 radical (unpaired) electrons. The molecule has 0 heterocycles. The minimum Gasteiger partial charge on any atom is -0.483 e. The molecule has 0 aromatic heterocycles. The van der Waals surface area contributed by atoms with Crippen LogP contribution in [0.4, 0.5) is 8.78 Å². The molecule has 0 saturated carbocycles. The van der Waals surface area contributed by atoms with Crippen LogP contribution < -0.4 is 4.74 Å². The number of carboxylic acids is 1. The molecule has 20 heavy (non-hydrogen) atoms. The van der Waals surface area contributed by atoms with Gasteiger partial charge in [0.05, 0.1) is 5.56 Å². The van der Waals surface area contributed by atoms with E-state index in [2.05, 4.69) is 0 Å². The summed E-state index contributed by atoms with van der Waals surface area (Å²) in [5.74, 6) is -4.03. The molecule has 2 aromatic rings. The molecule has 1 N–H and O–H groups in total. The van der Waals surface area contributed by atoms with Crippen molar-refractivity contribution in [2.24, 2.45) is 0 Å². The Morgan fingerprint density at radius 3 is 2.35 bits per heavy atom. The molecule has 0 fully saturated rings. The Kier molecular flexibility index (Phi) is 3.98. The van der Waals surface area contributed by atoms with Crippen molar-refractivity contribution in [3.63, 3.8) is 0 Å². The van der Waals surface area contributed by atoms with Crippen LogP contribution in [0, 0.1) is 18.6 Å². The number of carboxylic acid groups (broad SMARTS) is 1. The predicted octanol–water partition coefficient (Wildman–Crippen LogP) is 3.55. The number of hydrogen-bond acceptors (Lipinski definition) is 2. The number of benzene rings is 2. The SMILES string of the molecule is Cc1ccccc1COc1c(F)cc(C(=O)O)cc1F. The second-order valence-corrected chi connectivity index (χ2v) is 4.29. The van der Waals surface area contributed by atoms with Crippen molar-refractivity contribution in [2.75, 3.05) is 0 Å². The summed E-state index contributed by atoms with van der Waals surface area (Å²) in [4.78, 5) is 10.7. The van der Waals surface area contributed by atoms with E-state index in [1.54, 1.807) is 12.1 Å². The van der Waals surface area contributed by atoms with Crippen LogP contribution >= 0.6 is 0 Å². The molecule has 2 rings (SSSR count). The summed E-state index contributed by atoms with van der Waals surface area (Å²) in [6.45, 7) is 1.87. The molecule has 0 aliphatic carbocycles. The quantitative estimate of drug-likeness (QED) is 0.930. The summed E-state index contributed by atoms with van der Waals surface area (Å²) in [7, 11) is 0. The van der Waals surface area contributed by atoms with E-state index in [0.29, 0.717) is 0 Å². The third-order valence-electron chi connectivity index (χ3n) is 2.88. The molecule has 0 unspecified atom stereocenters. The van der Waals surface area contributed by atoms with Crippen molar-refractivity contribution < 1.29 is 23.4 Å². The summed E-state index contributed by atoms with van der Waals surface area (Å²) in [5.41, 5.74) is 1.28. The van der Waals surface area contributed by atoms with Crippen molar-refractivity contribution >= 4 is 5.97 Å². The van der Waals surface area contributed by atoms with Crippen molar-refractivity contribution in [1.29, 1.82) is 0 Å².